The summed E-state index contributed by atoms with van der Waals surface area (Å²) in [5.74, 6) is 0.745. The molecule has 0 spiro atoms. The van der Waals surface area contributed by atoms with E-state index in [0.717, 1.165) is 11.3 Å². The minimum atomic E-state index is -1.07. The van der Waals surface area contributed by atoms with Crippen LogP contribution in [-0.4, -0.2) is 13.3 Å². The van der Waals surface area contributed by atoms with Crippen molar-refractivity contribution in [1.82, 2.24) is 0 Å². The van der Waals surface area contributed by atoms with Crippen LogP contribution >= 0.6 is 8.96 Å². The van der Waals surface area contributed by atoms with E-state index in [0.29, 0.717) is 0 Å². The molecular formula is C8H10NO2P. The van der Waals surface area contributed by atoms with Gasteiger partial charge >= 0.3 is 0 Å². The Morgan fingerprint density at radius 3 is 2.92 bits per heavy atom. The highest BCUT2D eigenvalue weighted by Crippen LogP contribution is 2.15. The molecule has 1 unspecified atom stereocenters. The van der Waals surface area contributed by atoms with Gasteiger partial charge in [0.1, 0.15) is 5.75 Å². The first-order valence-electron chi connectivity index (χ1n) is 3.48. The van der Waals surface area contributed by atoms with Gasteiger partial charge in [0.2, 0.25) is 0 Å². The smallest absolute Gasteiger partial charge is 0.127 e. The third kappa shape index (κ3) is 2.29. The van der Waals surface area contributed by atoms with Gasteiger partial charge < -0.3 is 9.63 Å². The van der Waals surface area contributed by atoms with Crippen LogP contribution in [0.2, 0.25) is 0 Å². The van der Waals surface area contributed by atoms with E-state index in [9.17, 15) is 4.89 Å². The van der Waals surface area contributed by atoms with Crippen LogP contribution in [0.5, 0.6) is 5.75 Å². The van der Waals surface area contributed by atoms with E-state index in [1.807, 2.05) is 24.3 Å². The van der Waals surface area contributed by atoms with Gasteiger partial charge in [-0.15, -0.1) is 4.76 Å². The summed E-state index contributed by atoms with van der Waals surface area (Å²) in [5.41, 5.74) is 0.850. The van der Waals surface area contributed by atoms with Crippen LogP contribution in [0.3, 0.4) is 0 Å². The Labute approximate surface area is 73.0 Å². The third-order valence-corrected chi connectivity index (χ3v) is 1.68. The van der Waals surface area contributed by atoms with Crippen LogP contribution < -0.4 is 9.63 Å². The molecule has 0 saturated carbocycles. The molecule has 0 aliphatic rings. The molecule has 3 nitrogen and oxygen atoms in total. The van der Waals surface area contributed by atoms with E-state index in [1.165, 1.54) is 0 Å². The molecule has 0 N–H and O–H groups in total. The first-order valence-corrected chi connectivity index (χ1v) is 4.47. The highest BCUT2D eigenvalue weighted by Gasteiger charge is 1.96. The lowest BCUT2D eigenvalue weighted by Crippen LogP contribution is -1.89. The number of para-hydroxylation sites is 1. The number of hydrogen-bond donors (Lipinski definition) is 0. The summed E-state index contributed by atoms with van der Waals surface area (Å²) in [6.45, 7) is 0. The topological polar surface area (TPSA) is 44.6 Å². The van der Waals surface area contributed by atoms with E-state index in [4.69, 9.17) is 4.74 Å². The Bertz CT molecular complexity index is 276. The summed E-state index contributed by atoms with van der Waals surface area (Å²) in [5, 5.41) is 0. The highest BCUT2D eigenvalue weighted by molar-refractivity contribution is 7.28. The zero-order valence-corrected chi connectivity index (χ0v) is 7.88. The van der Waals surface area contributed by atoms with Gasteiger partial charge in [0.15, 0.2) is 0 Å². The molecule has 0 aliphatic carbocycles. The fraction of sp³-hybridized carbons (Fsp3) is 0.125. The minimum Gasteiger partial charge on any atom is -0.663 e. The molecule has 0 saturated heterocycles. The third-order valence-electron chi connectivity index (χ3n) is 1.41. The van der Waals surface area contributed by atoms with E-state index >= 15 is 0 Å². The fourth-order valence-electron chi connectivity index (χ4n) is 0.884. The van der Waals surface area contributed by atoms with Crippen molar-refractivity contribution < 1.29 is 9.63 Å². The number of hydrogen-bond acceptors (Lipinski definition) is 3. The SMILES string of the molecule is COc1ccccc1C=N[PH2+][O-]. The van der Waals surface area contributed by atoms with Gasteiger partial charge in [0, 0.05) is 5.56 Å². The summed E-state index contributed by atoms with van der Waals surface area (Å²) in [6, 6.07) is 7.45. The maximum Gasteiger partial charge on any atom is 0.127 e. The van der Waals surface area contributed by atoms with E-state index < -0.39 is 8.96 Å². The van der Waals surface area contributed by atoms with Crippen molar-refractivity contribution in [2.24, 2.45) is 4.76 Å². The first-order chi connectivity index (χ1) is 5.88. The summed E-state index contributed by atoms with van der Waals surface area (Å²) >= 11 is 0. The van der Waals surface area contributed by atoms with Crippen LogP contribution in [0, 0.1) is 0 Å². The maximum atomic E-state index is 10.1. The molecule has 0 radical (unpaired) electrons. The number of rotatable bonds is 3. The molecule has 0 heterocycles. The summed E-state index contributed by atoms with van der Waals surface area (Å²) in [4.78, 5) is 10.1. The monoisotopic (exact) mass is 183 g/mol. The predicted octanol–water partition coefficient (Wildman–Crippen LogP) is 0.715. The Kier molecular flexibility index (Phi) is 3.71. The van der Waals surface area contributed by atoms with Crippen molar-refractivity contribution in [3.8, 4) is 5.75 Å². The van der Waals surface area contributed by atoms with Crippen molar-refractivity contribution in [3.05, 3.63) is 29.8 Å². The Balaban J connectivity index is 2.89. The number of benzene rings is 1. The second-order valence-corrected chi connectivity index (χ2v) is 2.63. The normalized spacial score (nSPS) is 11.5. The van der Waals surface area contributed by atoms with Gasteiger partial charge in [-0.3, -0.25) is 0 Å². The van der Waals surface area contributed by atoms with Crippen molar-refractivity contribution in [1.29, 1.82) is 0 Å². The van der Waals surface area contributed by atoms with Crippen LogP contribution in [0.25, 0.3) is 0 Å². The lowest BCUT2D eigenvalue weighted by molar-refractivity contribution is -0.150. The molecule has 4 heteroatoms. The average Bonchev–Trinajstić information content (AvgIpc) is 2.15. The van der Waals surface area contributed by atoms with Crippen LogP contribution in [0.1, 0.15) is 5.56 Å². The van der Waals surface area contributed by atoms with Crippen molar-refractivity contribution in [2.75, 3.05) is 7.11 Å². The molecule has 12 heavy (non-hydrogen) atoms. The van der Waals surface area contributed by atoms with Gasteiger partial charge in [-0.1, -0.05) is 12.1 Å². The number of nitrogens with zero attached hydrogens (tertiary/aromatic N) is 1. The van der Waals surface area contributed by atoms with Gasteiger partial charge in [-0.2, -0.15) is 0 Å². The van der Waals surface area contributed by atoms with Gasteiger partial charge in [-0.25, -0.2) is 0 Å². The first kappa shape index (κ1) is 9.17. The Morgan fingerprint density at radius 2 is 2.25 bits per heavy atom. The zero-order chi connectivity index (χ0) is 8.81. The Morgan fingerprint density at radius 1 is 1.50 bits per heavy atom. The van der Waals surface area contributed by atoms with Crippen molar-refractivity contribution >= 4 is 15.2 Å². The summed E-state index contributed by atoms with van der Waals surface area (Å²) < 4.78 is 8.73. The van der Waals surface area contributed by atoms with Crippen LogP contribution in [-0.2, 0) is 0 Å². The van der Waals surface area contributed by atoms with E-state index in [-0.39, 0.29) is 0 Å². The van der Waals surface area contributed by atoms with Gasteiger partial charge in [0.25, 0.3) is 0 Å². The maximum absolute atomic E-state index is 10.1. The molecule has 0 aromatic heterocycles. The summed E-state index contributed by atoms with van der Waals surface area (Å²) in [6.07, 6.45) is 1.56. The molecule has 1 aromatic rings. The molecule has 0 bridgehead atoms. The van der Waals surface area contributed by atoms with E-state index in [1.54, 1.807) is 13.3 Å². The largest absolute Gasteiger partial charge is 0.663 e. The van der Waals surface area contributed by atoms with Crippen molar-refractivity contribution in [2.45, 2.75) is 0 Å². The molecule has 1 rings (SSSR count). The number of ether oxygens (including phenoxy) is 1. The fourth-order valence-corrected chi connectivity index (χ4v) is 1.11. The molecule has 1 atom stereocenters. The van der Waals surface area contributed by atoms with Crippen molar-refractivity contribution in [3.63, 3.8) is 0 Å². The quantitative estimate of drug-likeness (QED) is 0.511. The van der Waals surface area contributed by atoms with Gasteiger partial charge in [-0.05, 0) is 12.1 Å². The molecule has 1 aromatic carbocycles. The average molecular weight is 183 g/mol. The molecular weight excluding hydrogens is 173 g/mol. The van der Waals surface area contributed by atoms with Crippen LogP contribution in [0.15, 0.2) is 29.0 Å². The lowest BCUT2D eigenvalue weighted by Gasteiger charge is -2.01. The molecule has 0 fully saturated rings. The zero-order valence-electron chi connectivity index (χ0n) is 6.73. The van der Waals surface area contributed by atoms with Crippen LogP contribution in [0.4, 0.5) is 0 Å². The highest BCUT2D eigenvalue weighted by atomic mass is 31.1. The second kappa shape index (κ2) is 4.86. The second-order valence-electron chi connectivity index (χ2n) is 2.13. The predicted molar refractivity (Wildman–Crippen MR) is 50.3 cm³/mol. The summed E-state index contributed by atoms with van der Waals surface area (Å²) in [7, 11) is 0.522. The molecule has 64 valence electrons. The standard InChI is InChI=1S/C8H10NO2P/c1-11-8-5-3-2-4-7(8)6-9-12-10/h2-6H,12H2,1H3. The molecule has 0 amide bonds. The van der Waals surface area contributed by atoms with Gasteiger partial charge in [0.05, 0.1) is 22.3 Å². The molecule has 0 aliphatic heterocycles. The lowest BCUT2D eigenvalue weighted by atomic mass is 10.2. The number of methoxy groups -OCH3 is 1. The Hall–Kier alpha value is -0.920. The minimum absolute atomic E-state index is 0.745. The van der Waals surface area contributed by atoms with E-state index in [2.05, 4.69) is 4.76 Å².